The third kappa shape index (κ3) is 3.53. The molecule has 1 aliphatic rings. The number of rotatable bonds is 7. The summed E-state index contributed by atoms with van der Waals surface area (Å²) in [5, 5.41) is 3.17. The van der Waals surface area contributed by atoms with Crippen LogP contribution in [0.15, 0.2) is 0 Å². The number of nitrogens with one attached hydrogen (secondary N) is 1. The summed E-state index contributed by atoms with van der Waals surface area (Å²) < 4.78 is 0. The summed E-state index contributed by atoms with van der Waals surface area (Å²) in [7, 11) is 3.97. The van der Waals surface area contributed by atoms with E-state index >= 15 is 0 Å². The van der Waals surface area contributed by atoms with Gasteiger partial charge in [0.2, 0.25) is 11.8 Å². The van der Waals surface area contributed by atoms with Crippen molar-refractivity contribution in [2.75, 3.05) is 27.2 Å². The van der Waals surface area contributed by atoms with Crippen molar-refractivity contribution >= 4 is 11.8 Å². The first-order valence-corrected chi connectivity index (χ1v) is 6.75. The van der Waals surface area contributed by atoms with E-state index in [2.05, 4.69) is 5.32 Å². The predicted molar refractivity (Wildman–Crippen MR) is 71.2 cm³/mol. The van der Waals surface area contributed by atoms with Crippen molar-refractivity contribution in [2.24, 2.45) is 0 Å². The van der Waals surface area contributed by atoms with Crippen LogP contribution >= 0.6 is 0 Å². The maximum atomic E-state index is 12.2. The molecule has 1 N–H and O–H groups in total. The quantitative estimate of drug-likeness (QED) is 0.671. The van der Waals surface area contributed by atoms with Gasteiger partial charge in [0.15, 0.2) is 0 Å². The monoisotopic (exact) mass is 255 g/mol. The van der Waals surface area contributed by atoms with Crippen LogP contribution in [0.25, 0.3) is 0 Å². The summed E-state index contributed by atoms with van der Waals surface area (Å²) in [6.07, 6.45) is 1.97. The van der Waals surface area contributed by atoms with Gasteiger partial charge in [-0.3, -0.25) is 14.5 Å². The molecule has 0 spiro atoms. The first-order valence-electron chi connectivity index (χ1n) is 6.75. The summed E-state index contributed by atoms with van der Waals surface area (Å²) >= 11 is 0. The lowest BCUT2D eigenvalue weighted by atomic mass is 10.1. The SMILES string of the molecule is CCC(CC)N1C(=O)CC(NCCN(C)C)C1=O. The normalized spacial score (nSPS) is 20.6. The van der Waals surface area contributed by atoms with Crippen molar-refractivity contribution in [3.05, 3.63) is 0 Å². The number of nitrogens with zero attached hydrogens (tertiary/aromatic N) is 2. The Labute approximate surface area is 110 Å². The Balaban J connectivity index is 2.55. The van der Waals surface area contributed by atoms with Gasteiger partial charge in [0.05, 0.1) is 12.5 Å². The number of carbonyl (C=O) groups excluding carboxylic acids is 2. The Morgan fingerprint density at radius 2 is 1.94 bits per heavy atom. The third-order valence-electron chi connectivity index (χ3n) is 3.44. The van der Waals surface area contributed by atoms with Crippen LogP contribution in [-0.2, 0) is 9.59 Å². The van der Waals surface area contributed by atoms with E-state index in [1.54, 1.807) is 0 Å². The van der Waals surface area contributed by atoms with E-state index in [1.165, 1.54) is 4.90 Å². The van der Waals surface area contributed by atoms with Crippen LogP contribution in [0.4, 0.5) is 0 Å². The minimum atomic E-state index is -0.321. The van der Waals surface area contributed by atoms with Crippen LogP contribution < -0.4 is 5.32 Å². The smallest absolute Gasteiger partial charge is 0.247 e. The molecule has 1 atom stereocenters. The zero-order valence-corrected chi connectivity index (χ0v) is 11.9. The molecule has 18 heavy (non-hydrogen) atoms. The lowest BCUT2D eigenvalue weighted by molar-refractivity contribution is -0.141. The Hall–Kier alpha value is -0.940. The number of carbonyl (C=O) groups is 2. The summed E-state index contributed by atoms with van der Waals surface area (Å²) in [5.41, 5.74) is 0. The fourth-order valence-corrected chi connectivity index (χ4v) is 2.31. The summed E-state index contributed by atoms with van der Waals surface area (Å²) in [4.78, 5) is 27.6. The van der Waals surface area contributed by atoms with E-state index in [0.717, 1.165) is 25.9 Å². The van der Waals surface area contributed by atoms with Gasteiger partial charge >= 0.3 is 0 Å². The minimum Gasteiger partial charge on any atom is -0.308 e. The van der Waals surface area contributed by atoms with E-state index in [9.17, 15) is 9.59 Å². The van der Waals surface area contributed by atoms with Crippen LogP contribution in [-0.4, -0.2) is 60.9 Å². The average molecular weight is 255 g/mol. The van der Waals surface area contributed by atoms with Crippen molar-refractivity contribution in [1.29, 1.82) is 0 Å². The van der Waals surface area contributed by atoms with E-state index in [0.29, 0.717) is 6.42 Å². The number of amides is 2. The summed E-state index contributed by atoms with van der Waals surface area (Å²) in [5.74, 6) is -0.0801. The van der Waals surface area contributed by atoms with Crippen molar-refractivity contribution in [3.63, 3.8) is 0 Å². The molecule has 0 aromatic rings. The first kappa shape index (κ1) is 15.1. The molecule has 1 rings (SSSR count). The molecule has 0 aromatic carbocycles. The molecular weight excluding hydrogens is 230 g/mol. The highest BCUT2D eigenvalue weighted by molar-refractivity contribution is 6.05. The second-order valence-electron chi connectivity index (χ2n) is 5.09. The molecule has 5 nitrogen and oxygen atoms in total. The van der Waals surface area contributed by atoms with Crippen molar-refractivity contribution < 1.29 is 9.59 Å². The van der Waals surface area contributed by atoms with Crippen LogP contribution in [0.5, 0.6) is 0 Å². The van der Waals surface area contributed by atoms with Gasteiger partial charge in [0.1, 0.15) is 0 Å². The van der Waals surface area contributed by atoms with Crippen molar-refractivity contribution in [2.45, 2.75) is 45.2 Å². The summed E-state index contributed by atoms with van der Waals surface area (Å²) in [6.45, 7) is 5.62. The van der Waals surface area contributed by atoms with Crippen molar-refractivity contribution in [1.82, 2.24) is 15.1 Å². The van der Waals surface area contributed by atoms with Gasteiger partial charge in [-0.05, 0) is 26.9 Å². The fourth-order valence-electron chi connectivity index (χ4n) is 2.31. The minimum absolute atomic E-state index is 0.0314. The Kier molecular flexibility index (Phi) is 5.75. The molecule has 1 unspecified atom stereocenters. The average Bonchev–Trinajstić information content (AvgIpc) is 2.58. The third-order valence-corrected chi connectivity index (χ3v) is 3.44. The highest BCUT2D eigenvalue weighted by atomic mass is 16.2. The molecule has 5 heteroatoms. The number of hydrogen-bond acceptors (Lipinski definition) is 4. The molecular formula is C13H25N3O2. The fraction of sp³-hybridized carbons (Fsp3) is 0.846. The second kappa shape index (κ2) is 6.85. The lowest BCUT2D eigenvalue weighted by Crippen LogP contribution is -2.44. The standard InChI is InChI=1S/C13H25N3O2/c1-5-10(6-2)16-12(17)9-11(13(16)18)14-7-8-15(3)4/h10-11,14H,5-9H2,1-4H3. The molecule has 104 valence electrons. The molecule has 1 fully saturated rings. The van der Waals surface area contributed by atoms with Crippen LogP contribution in [0.2, 0.25) is 0 Å². The molecule has 0 saturated carbocycles. The van der Waals surface area contributed by atoms with Crippen LogP contribution in [0.3, 0.4) is 0 Å². The van der Waals surface area contributed by atoms with E-state index in [4.69, 9.17) is 0 Å². The Morgan fingerprint density at radius 1 is 1.33 bits per heavy atom. The Bertz CT molecular complexity index is 301. The predicted octanol–water partition coefficient (Wildman–Crippen LogP) is 0.454. The topological polar surface area (TPSA) is 52.7 Å². The molecule has 0 aromatic heterocycles. The van der Waals surface area contributed by atoms with Gasteiger partial charge < -0.3 is 10.2 Å². The van der Waals surface area contributed by atoms with Gasteiger partial charge in [0.25, 0.3) is 0 Å². The highest BCUT2D eigenvalue weighted by Gasteiger charge is 2.40. The van der Waals surface area contributed by atoms with Gasteiger partial charge in [-0.1, -0.05) is 13.8 Å². The molecule has 0 aliphatic carbocycles. The van der Waals surface area contributed by atoms with Gasteiger partial charge in [-0.25, -0.2) is 0 Å². The number of likely N-dealkylation sites (tertiary alicyclic amines) is 1. The van der Waals surface area contributed by atoms with Crippen LogP contribution in [0.1, 0.15) is 33.1 Å². The molecule has 2 amide bonds. The number of likely N-dealkylation sites (N-methyl/N-ethyl adjacent to an activating group) is 1. The molecule has 0 radical (unpaired) electrons. The zero-order valence-electron chi connectivity index (χ0n) is 11.9. The highest BCUT2D eigenvalue weighted by Crippen LogP contribution is 2.19. The van der Waals surface area contributed by atoms with Gasteiger partial charge in [0, 0.05) is 19.1 Å². The van der Waals surface area contributed by atoms with E-state index < -0.39 is 0 Å². The number of imide groups is 1. The second-order valence-corrected chi connectivity index (χ2v) is 5.09. The molecule has 0 bridgehead atoms. The first-order chi connectivity index (χ1) is 8.51. The summed E-state index contributed by atoms with van der Waals surface area (Å²) in [6, 6.07) is -0.260. The largest absolute Gasteiger partial charge is 0.308 e. The van der Waals surface area contributed by atoms with E-state index in [-0.39, 0.29) is 23.9 Å². The van der Waals surface area contributed by atoms with Crippen molar-refractivity contribution in [3.8, 4) is 0 Å². The molecule has 1 heterocycles. The lowest BCUT2D eigenvalue weighted by Gasteiger charge is -2.24. The van der Waals surface area contributed by atoms with Gasteiger partial charge in [-0.15, -0.1) is 0 Å². The zero-order chi connectivity index (χ0) is 13.7. The van der Waals surface area contributed by atoms with E-state index in [1.807, 2.05) is 32.8 Å². The Morgan fingerprint density at radius 3 is 2.44 bits per heavy atom. The van der Waals surface area contributed by atoms with Crippen LogP contribution in [0, 0.1) is 0 Å². The number of hydrogen-bond donors (Lipinski definition) is 1. The maximum Gasteiger partial charge on any atom is 0.247 e. The maximum absolute atomic E-state index is 12.2. The molecule has 1 saturated heterocycles. The van der Waals surface area contributed by atoms with Gasteiger partial charge in [-0.2, -0.15) is 0 Å². The molecule has 1 aliphatic heterocycles.